The van der Waals surface area contributed by atoms with Gasteiger partial charge in [-0.25, -0.2) is 0 Å². The van der Waals surface area contributed by atoms with Crippen LogP contribution >= 0.6 is 28.3 Å². The van der Waals surface area contributed by atoms with E-state index in [0.717, 1.165) is 24.1 Å². The second-order valence-electron chi connectivity index (χ2n) is 4.71. The van der Waals surface area contributed by atoms with Crippen molar-refractivity contribution >= 4 is 28.3 Å². The molecule has 2 nitrogen and oxygen atoms in total. The summed E-state index contributed by atoms with van der Waals surface area (Å²) in [4.78, 5) is 2.55. The Morgan fingerprint density at radius 1 is 1.29 bits per heavy atom. The van der Waals surface area contributed by atoms with Crippen molar-refractivity contribution in [3.8, 4) is 0 Å². The highest BCUT2D eigenvalue weighted by molar-refractivity contribution is 9.10. The summed E-state index contributed by atoms with van der Waals surface area (Å²) in [6.07, 6.45) is 0. The minimum Gasteiger partial charge on any atom is -0.311 e. The van der Waals surface area contributed by atoms with Crippen LogP contribution in [0.5, 0.6) is 0 Å². The van der Waals surface area contributed by atoms with E-state index in [1.54, 1.807) is 0 Å². The number of benzene rings is 1. The van der Waals surface area contributed by atoms with Gasteiger partial charge in [0.05, 0.1) is 0 Å². The van der Waals surface area contributed by atoms with Crippen molar-refractivity contribution in [2.45, 2.75) is 32.5 Å². The molecule has 0 bridgehead atoms. The largest absolute Gasteiger partial charge is 0.311 e. The number of piperazine rings is 1. The molecule has 1 saturated heterocycles. The highest BCUT2D eigenvalue weighted by atomic mass is 79.9. The number of hydrogen-bond acceptors (Lipinski definition) is 2. The average molecular weight is 320 g/mol. The van der Waals surface area contributed by atoms with E-state index in [4.69, 9.17) is 0 Å². The van der Waals surface area contributed by atoms with E-state index in [0.29, 0.717) is 12.1 Å². The Bertz CT molecular complexity index is 342. The molecule has 0 spiro atoms. The number of halogens is 2. The van der Waals surface area contributed by atoms with Crippen molar-refractivity contribution < 1.29 is 0 Å². The van der Waals surface area contributed by atoms with Crippen LogP contribution in [0.1, 0.15) is 19.4 Å². The molecule has 1 aliphatic heterocycles. The van der Waals surface area contributed by atoms with Gasteiger partial charge in [-0.2, -0.15) is 0 Å². The summed E-state index contributed by atoms with van der Waals surface area (Å²) < 4.78 is 1.15. The van der Waals surface area contributed by atoms with Gasteiger partial charge in [-0.05, 0) is 31.5 Å². The lowest BCUT2D eigenvalue weighted by molar-refractivity contribution is 0.139. The number of nitrogens with one attached hydrogen (secondary N) is 1. The van der Waals surface area contributed by atoms with Crippen LogP contribution in [0.2, 0.25) is 0 Å². The third-order valence-electron chi connectivity index (χ3n) is 3.19. The molecule has 2 rings (SSSR count). The summed E-state index contributed by atoms with van der Waals surface area (Å²) in [5.41, 5.74) is 1.39. The van der Waals surface area contributed by atoms with Crippen molar-refractivity contribution in [3.05, 3.63) is 34.3 Å². The van der Waals surface area contributed by atoms with Gasteiger partial charge in [0.2, 0.25) is 0 Å². The summed E-state index contributed by atoms with van der Waals surface area (Å²) >= 11 is 3.47. The smallest absolute Gasteiger partial charge is 0.0237 e. The Hall–Kier alpha value is -0.0900. The van der Waals surface area contributed by atoms with Crippen LogP contribution in [-0.4, -0.2) is 30.1 Å². The number of rotatable bonds is 2. The lowest BCUT2D eigenvalue weighted by Crippen LogP contribution is -2.53. The SMILES string of the molecule is CC1CN(Cc2ccc(Br)cc2)C(C)CN1.Cl. The summed E-state index contributed by atoms with van der Waals surface area (Å²) in [7, 11) is 0. The van der Waals surface area contributed by atoms with Gasteiger partial charge in [-0.15, -0.1) is 12.4 Å². The normalized spacial score (nSPS) is 25.4. The first-order chi connectivity index (χ1) is 7.65. The first-order valence-electron chi connectivity index (χ1n) is 5.87. The summed E-state index contributed by atoms with van der Waals surface area (Å²) in [5.74, 6) is 0. The summed E-state index contributed by atoms with van der Waals surface area (Å²) in [6.45, 7) is 7.83. The van der Waals surface area contributed by atoms with Crippen LogP contribution in [0, 0.1) is 0 Å². The van der Waals surface area contributed by atoms with Gasteiger partial charge < -0.3 is 5.32 Å². The first-order valence-corrected chi connectivity index (χ1v) is 6.66. The fourth-order valence-electron chi connectivity index (χ4n) is 2.14. The minimum absolute atomic E-state index is 0. The van der Waals surface area contributed by atoms with E-state index < -0.39 is 0 Å². The molecule has 0 saturated carbocycles. The van der Waals surface area contributed by atoms with Crippen molar-refractivity contribution in [2.75, 3.05) is 13.1 Å². The molecule has 1 aromatic rings. The molecular weight excluding hydrogens is 300 g/mol. The van der Waals surface area contributed by atoms with Gasteiger partial charge in [-0.1, -0.05) is 28.1 Å². The highest BCUT2D eigenvalue weighted by Gasteiger charge is 2.21. The molecule has 1 heterocycles. The average Bonchev–Trinajstić information content (AvgIpc) is 2.27. The molecule has 17 heavy (non-hydrogen) atoms. The maximum atomic E-state index is 3.51. The van der Waals surface area contributed by atoms with E-state index >= 15 is 0 Å². The highest BCUT2D eigenvalue weighted by Crippen LogP contribution is 2.15. The Labute approximate surface area is 118 Å². The molecule has 2 atom stereocenters. The molecule has 4 heteroatoms. The van der Waals surface area contributed by atoms with E-state index in [-0.39, 0.29) is 12.4 Å². The monoisotopic (exact) mass is 318 g/mol. The predicted octanol–water partition coefficient (Wildman–Crippen LogP) is 3.05. The quantitative estimate of drug-likeness (QED) is 0.901. The van der Waals surface area contributed by atoms with Crippen LogP contribution in [0.25, 0.3) is 0 Å². The molecule has 0 aliphatic carbocycles. The van der Waals surface area contributed by atoms with E-state index in [2.05, 4.69) is 64.3 Å². The lowest BCUT2D eigenvalue weighted by Gasteiger charge is -2.37. The van der Waals surface area contributed by atoms with E-state index in [1.165, 1.54) is 5.56 Å². The topological polar surface area (TPSA) is 15.3 Å². The molecule has 0 aromatic heterocycles. The lowest BCUT2D eigenvalue weighted by atomic mass is 10.1. The van der Waals surface area contributed by atoms with E-state index in [9.17, 15) is 0 Å². The molecule has 0 amide bonds. The molecule has 1 N–H and O–H groups in total. The van der Waals surface area contributed by atoms with Crippen LogP contribution in [0.15, 0.2) is 28.7 Å². The second-order valence-corrected chi connectivity index (χ2v) is 5.63. The van der Waals surface area contributed by atoms with Crippen LogP contribution in [0.3, 0.4) is 0 Å². The van der Waals surface area contributed by atoms with Crippen molar-refractivity contribution in [1.82, 2.24) is 10.2 Å². The van der Waals surface area contributed by atoms with Gasteiger partial charge in [0.25, 0.3) is 0 Å². The first kappa shape index (κ1) is 15.0. The predicted molar refractivity (Wildman–Crippen MR) is 78.7 cm³/mol. The van der Waals surface area contributed by atoms with Gasteiger partial charge in [0.15, 0.2) is 0 Å². The zero-order valence-electron chi connectivity index (χ0n) is 10.3. The minimum atomic E-state index is 0. The summed E-state index contributed by atoms with van der Waals surface area (Å²) in [5, 5.41) is 3.51. The van der Waals surface area contributed by atoms with Crippen molar-refractivity contribution in [3.63, 3.8) is 0 Å². The Kier molecular flexibility index (Phi) is 5.93. The third kappa shape index (κ3) is 4.25. The molecule has 1 aromatic carbocycles. The molecule has 1 fully saturated rings. The number of hydrogen-bond donors (Lipinski definition) is 1. The Balaban J connectivity index is 0.00000144. The van der Waals surface area contributed by atoms with Gasteiger partial charge in [0.1, 0.15) is 0 Å². The standard InChI is InChI=1S/C13H19BrN2.ClH/c1-10-8-16(11(2)7-15-10)9-12-3-5-13(14)6-4-12;/h3-6,10-11,15H,7-9H2,1-2H3;1H. The van der Waals surface area contributed by atoms with Crippen LogP contribution < -0.4 is 5.32 Å². The van der Waals surface area contributed by atoms with Gasteiger partial charge in [-0.3, -0.25) is 4.90 Å². The summed E-state index contributed by atoms with van der Waals surface area (Å²) in [6, 6.07) is 9.86. The second kappa shape index (κ2) is 6.74. The van der Waals surface area contributed by atoms with Crippen LogP contribution in [-0.2, 0) is 6.54 Å². The van der Waals surface area contributed by atoms with Gasteiger partial charge in [0, 0.05) is 36.2 Å². The molecule has 1 aliphatic rings. The van der Waals surface area contributed by atoms with Gasteiger partial charge >= 0.3 is 0 Å². The van der Waals surface area contributed by atoms with E-state index in [1.807, 2.05) is 0 Å². The zero-order valence-corrected chi connectivity index (χ0v) is 12.7. The third-order valence-corrected chi connectivity index (χ3v) is 3.72. The Morgan fingerprint density at radius 3 is 2.59 bits per heavy atom. The molecule has 2 unspecified atom stereocenters. The number of nitrogens with zero attached hydrogens (tertiary/aromatic N) is 1. The fraction of sp³-hybridized carbons (Fsp3) is 0.538. The molecule has 96 valence electrons. The zero-order chi connectivity index (χ0) is 11.5. The maximum Gasteiger partial charge on any atom is 0.0237 e. The Morgan fingerprint density at radius 2 is 1.94 bits per heavy atom. The fourth-order valence-corrected chi connectivity index (χ4v) is 2.41. The molecule has 0 radical (unpaired) electrons. The molecular formula is C13H20BrClN2. The van der Waals surface area contributed by atoms with Crippen molar-refractivity contribution in [2.24, 2.45) is 0 Å². The van der Waals surface area contributed by atoms with Crippen LogP contribution in [0.4, 0.5) is 0 Å². The van der Waals surface area contributed by atoms with Crippen molar-refractivity contribution in [1.29, 1.82) is 0 Å². The maximum absolute atomic E-state index is 3.51.